The van der Waals surface area contributed by atoms with E-state index < -0.39 is 0 Å². The lowest BCUT2D eigenvalue weighted by atomic mass is 10.2. The molecule has 0 atom stereocenters. The molecule has 8 heteroatoms. The average molecular weight is 388 g/mol. The molecule has 2 aromatic carbocycles. The van der Waals surface area contributed by atoms with E-state index in [1.807, 2.05) is 0 Å². The summed E-state index contributed by atoms with van der Waals surface area (Å²) >= 11 is 0. The Morgan fingerprint density at radius 1 is 0.893 bits per heavy atom. The standard InChI is InChI=1S/C20H24N2O6/c1-13(23)22(12-19(24)21-15-8-6-7-9-16(15)25-2)14-10-17(26-3)20(28-5)18(11-14)27-4/h6-11H,12H2,1-5H3,(H,21,24). The first-order valence-corrected chi connectivity index (χ1v) is 8.46. The lowest BCUT2D eigenvalue weighted by Gasteiger charge is -2.23. The highest BCUT2D eigenvalue weighted by atomic mass is 16.5. The first-order chi connectivity index (χ1) is 13.4. The predicted octanol–water partition coefficient (Wildman–Crippen LogP) is 2.71. The summed E-state index contributed by atoms with van der Waals surface area (Å²) in [6.45, 7) is 1.17. The molecule has 2 rings (SSSR count). The maximum atomic E-state index is 12.6. The Labute approximate surface area is 163 Å². The number of methoxy groups -OCH3 is 4. The van der Waals surface area contributed by atoms with E-state index in [0.717, 1.165) is 0 Å². The van der Waals surface area contributed by atoms with Gasteiger partial charge in [0.2, 0.25) is 17.6 Å². The highest BCUT2D eigenvalue weighted by molar-refractivity contribution is 6.02. The Morgan fingerprint density at radius 3 is 1.96 bits per heavy atom. The van der Waals surface area contributed by atoms with Crippen LogP contribution in [0.25, 0.3) is 0 Å². The van der Waals surface area contributed by atoms with Gasteiger partial charge in [-0.25, -0.2) is 0 Å². The molecule has 8 nitrogen and oxygen atoms in total. The zero-order chi connectivity index (χ0) is 20.7. The molecule has 0 saturated carbocycles. The number of nitrogens with one attached hydrogen (secondary N) is 1. The summed E-state index contributed by atoms with van der Waals surface area (Å²) in [5.41, 5.74) is 0.959. The van der Waals surface area contributed by atoms with Gasteiger partial charge in [0.15, 0.2) is 11.5 Å². The summed E-state index contributed by atoms with van der Waals surface area (Å²) < 4.78 is 21.2. The lowest BCUT2D eigenvalue weighted by molar-refractivity contribution is -0.120. The maximum absolute atomic E-state index is 12.6. The van der Waals surface area contributed by atoms with Crippen LogP contribution >= 0.6 is 0 Å². The molecule has 0 heterocycles. The van der Waals surface area contributed by atoms with Crippen molar-refractivity contribution in [1.29, 1.82) is 0 Å². The third kappa shape index (κ3) is 4.64. The fourth-order valence-corrected chi connectivity index (χ4v) is 2.69. The summed E-state index contributed by atoms with van der Waals surface area (Å²) in [7, 11) is 5.97. The first kappa shape index (κ1) is 20.9. The van der Waals surface area contributed by atoms with Crippen molar-refractivity contribution in [2.24, 2.45) is 0 Å². The van der Waals surface area contributed by atoms with Gasteiger partial charge in [0.05, 0.1) is 39.8 Å². The first-order valence-electron chi connectivity index (χ1n) is 8.46. The fraction of sp³-hybridized carbons (Fsp3) is 0.300. The predicted molar refractivity (Wildman–Crippen MR) is 106 cm³/mol. The molecule has 2 amide bonds. The quantitative estimate of drug-likeness (QED) is 0.748. The van der Waals surface area contributed by atoms with E-state index in [1.54, 1.807) is 36.4 Å². The second-order valence-corrected chi connectivity index (χ2v) is 5.74. The van der Waals surface area contributed by atoms with E-state index in [4.69, 9.17) is 18.9 Å². The molecule has 1 N–H and O–H groups in total. The number of nitrogens with zero attached hydrogens (tertiary/aromatic N) is 1. The Hall–Kier alpha value is -3.42. The van der Waals surface area contributed by atoms with E-state index in [2.05, 4.69) is 5.32 Å². The number of para-hydroxylation sites is 2. The van der Waals surface area contributed by atoms with Crippen LogP contribution < -0.4 is 29.2 Å². The number of ether oxygens (including phenoxy) is 4. The molecule has 0 aliphatic rings. The van der Waals surface area contributed by atoms with Crippen molar-refractivity contribution in [3.05, 3.63) is 36.4 Å². The fourth-order valence-electron chi connectivity index (χ4n) is 2.69. The van der Waals surface area contributed by atoms with Crippen LogP contribution in [0.4, 0.5) is 11.4 Å². The van der Waals surface area contributed by atoms with E-state index in [1.165, 1.54) is 40.3 Å². The third-order valence-electron chi connectivity index (χ3n) is 4.02. The van der Waals surface area contributed by atoms with Crippen LogP contribution in [0.5, 0.6) is 23.0 Å². The second kappa shape index (κ2) is 9.50. The average Bonchev–Trinajstić information content (AvgIpc) is 2.70. The molecule has 0 unspecified atom stereocenters. The minimum absolute atomic E-state index is 0.202. The molecular weight excluding hydrogens is 364 g/mol. The van der Waals surface area contributed by atoms with Crippen molar-refractivity contribution in [2.75, 3.05) is 45.2 Å². The molecule has 0 bridgehead atoms. The maximum Gasteiger partial charge on any atom is 0.244 e. The third-order valence-corrected chi connectivity index (χ3v) is 4.02. The molecule has 0 aliphatic carbocycles. The van der Waals surface area contributed by atoms with Crippen LogP contribution in [-0.4, -0.2) is 46.8 Å². The van der Waals surface area contributed by atoms with Crippen molar-refractivity contribution >= 4 is 23.2 Å². The Kier molecular flexibility index (Phi) is 7.08. The van der Waals surface area contributed by atoms with E-state index in [-0.39, 0.29) is 18.4 Å². The van der Waals surface area contributed by atoms with Gasteiger partial charge in [-0.3, -0.25) is 9.59 Å². The van der Waals surface area contributed by atoms with E-state index in [9.17, 15) is 9.59 Å². The van der Waals surface area contributed by atoms with Gasteiger partial charge in [-0.1, -0.05) is 12.1 Å². The monoisotopic (exact) mass is 388 g/mol. The van der Waals surface area contributed by atoms with Gasteiger partial charge < -0.3 is 29.2 Å². The number of benzene rings is 2. The van der Waals surface area contributed by atoms with Gasteiger partial charge in [0.25, 0.3) is 0 Å². The van der Waals surface area contributed by atoms with Crippen molar-refractivity contribution in [1.82, 2.24) is 0 Å². The number of hydrogen-bond acceptors (Lipinski definition) is 6. The summed E-state index contributed by atoms with van der Waals surface area (Å²) in [4.78, 5) is 26.1. The van der Waals surface area contributed by atoms with Gasteiger partial charge in [-0.15, -0.1) is 0 Å². The Balaban J connectivity index is 2.31. The van der Waals surface area contributed by atoms with Crippen molar-refractivity contribution in [2.45, 2.75) is 6.92 Å². The molecule has 2 aromatic rings. The number of amides is 2. The minimum atomic E-state index is -0.381. The van der Waals surface area contributed by atoms with Crippen molar-refractivity contribution < 1.29 is 28.5 Å². The Morgan fingerprint density at radius 2 is 1.46 bits per heavy atom. The van der Waals surface area contributed by atoms with Gasteiger partial charge in [-0.05, 0) is 12.1 Å². The number of anilines is 2. The van der Waals surface area contributed by atoms with Crippen LogP contribution in [0, 0.1) is 0 Å². The van der Waals surface area contributed by atoms with Gasteiger partial charge in [0.1, 0.15) is 12.3 Å². The molecule has 0 aliphatic heterocycles. The molecular formula is C20H24N2O6. The van der Waals surface area contributed by atoms with Gasteiger partial charge >= 0.3 is 0 Å². The highest BCUT2D eigenvalue weighted by Crippen LogP contribution is 2.41. The summed E-state index contributed by atoms with van der Waals surface area (Å²) in [5.74, 6) is 0.994. The van der Waals surface area contributed by atoms with E-state index >= 15 is 0 Å². The summed E-state index contributed by atoms with van der Waals surface area (Å²) in [5, 5.41) is 2.75. The van der Waals surface area contributed by atoms with E-state index in [0.29, 0.717) is 34.4 Å². The number of hydrogen-bond donors (Lipinski definition) is 1. The topological polar surface area (TPSA) is 86.3 Å². The zero-order valence-corrected chi connectivity index (χ0v) is 16.6. The number of carbonyl (C=O) groups excluding carboxylic acids is 2. The zero-order valence-electron chi connectivity index (χ0n) is 16.6. The van der Waals surface area contributed by atoms with Crippen molar-refractivity contribution in [3.8, 4) is 23.0 Å². The summed E-state index contributed by atoms with van der Waals surface area (Å²) in [6, 6.07) is 10.2. The van der Waals surface area contributed by atoms with Crippen LogP contribution in [0.1, 0.15) is 6.92 Å². The molecule has 0 radical (unpaired) electrons. The second-order valence-electron chi connectivity index (χ2n) is 5.74. The normalized spacial score (nSPS) is 10.0. The molecule has 0 aromatic heterocycles. The smallest absolute Gasteiger partial charge is 0.244 e. The minimum Gasteiger partial charge on any atom is -0.495 e. The van der Waals surface area contributed by atoms with Gasteiger partial charge in [0, 0.05) is 19.1 Å². The number of rotatable bonds is 8. The lowest BCUT2D eigenvalue weighted by Crippen LogP contribution is -2.36. The summed E-state index contributed by atoms with van der Waals surface area (Å²) in [6.07, 6.45) is 0. The molecule has 150 valence electrons. The van der Waals surface area contributed by atoms with Crippen LogP contribution in [-0.2, 0) is 9.59 Å². The molecule has 28 heavy (non-hydrogen) atoms. The van der Waals surface area contributed by atoms with Crippen molar-refractivity contribution in [3.63, 3.8) is 0 Å². The van der Waals surface area contributed by atoms with Gasteiger partial charge in [-0.2, -0.15) is 0 Å². The molecule has 0 saturated heterocycles. The van der Waals surface area contributed by atoms with Crippen LogP contribution in [0.3, 0.4) is 0 Å². The molecule has 0 spiro atoms. The number of carbonyl (C=O) groups is 2. The Bertz CT molecular complexity index is 827. The SMILES string of the molecule is COc1ccccc1NC(=O)CN(C(C)=O)c1cc(OC)c(OC)c(OC)c1. The molecule has 0 fully saturated rings. The van der Waals surface area contributed by atoms with Crippen LogP contribution in [0.2, 0.25) is 0 Å². The van der Waals surface area contributed by atoms with Crippen LogP contribution in [0.15, 0.2) is 36.4 Å². The highest BCUT2D eigenvalue weighted by Gasteiger charge is 2.21. The largest absolute Gasteiger partial charge is 0.495 e.